The fourth-order valence-electron chi connectivity index (χ4n) is 1.75. The van der Waals surface area contributed by atoms with E-state index in [1.165, 1.54) is 0 Å². The number of nitrogens with two attached hydrogens (primary N) is 1. The molecule has 2 aromatic rings. The molecule has 0 radical (unpaired) electrons. The minimum Gasteiger partial charge on any atom is -0.399 e. The molecule has 0 unspecified atom stereocenters. The molecule has 0 aliphatic heterocycles. The fourth-order valence-corrected chi connectivity index (χ4v) is 2.00. The summed E-state index contributed by atoms with van der Waals surface area (Å²) in [6.07, 6.45) is 1.85. The third-order valence-electron chi connectivity index (χ3n) is 2.69. The average Bonchev–Trinajstić information content (AvgIpc) is 2.34. The quantitative estimate of drug-likeness (QED) is 0.668. The van der Waals surface area contributed by atoms with Crippen molar-refractivity contribution in [2.45, 2.75) is 13.3 Å². The Labute approximate surface area is 116 Å². The van der Waals surface area contributed by atoms with Crippen molar-refractivity contribution in [1.82, 2.24) is 4.98 Å². The van der Waals surface area contributed by atoms with Gasteiger partial charge in [0.15, 0.2) is 5.15 Å². The van der Waals surface area contributed by atoms with Gasteiger partial charge in [0.1, 0.15) is 0 Å². The molecule has 0 saturated heterocycles. The fraction of sp³-hybridized carbons (Fsp3) is 0.143. The molecule has 3 N–H and O–H groups in total. The highest BCUT2D eigenvalue weighted by atomic mass is 35.5. The van der Waals surface area contributed by atoms with Crippen LogP contribution in [0, 0.1) is 6.92 Å². The molecule has 0 aliphatic rings. The molecule has 19 heavy (non-hydrogen) atoms. The number of rotatable bonds is 3. The third kappa shape index (κ3) is 3.45. The molecule has 1 aromatic heterocycles. The lowest BCUT2D eigenvalue weighted by Crippen LogP contribution is -2.15. The number of nitrogen functional groups attached to an aromatic ring is 1. The highest BCUT2D eigenvalue weighted by molar-refractivity contribution is 6.32. The molecule has 5 heteroatoms. The predicted octanol–water partition coefficient (Wildman–Crippen LogP) is 2.81. The topological polar surface area (TPSA) is 68.0 Å². The molecular formula is C14H14ClN3O. The van der Waals surface area contributed by atoms with E-state index in [4.69, 9.17) is 17.3 Å². The van der Waals surface area contributed by atoms with E-state index in [0.29, 0.717) is 16.5 Å². The zero-order valence-corrected chi connectivity index (χ0v) is 11.2. The number of carbonyl (C=O) groups excluding carboxylic acids is 1. The van der Waals surface area contributed by atoms with E-state index in [0.717, 1.165) is 11.1 Å². The standard InChI is InChI=1S/C14H14ClN3O/c1-9-5-6-17-14(15)13(9)18-12(19)8-10-3-2-4-11(16)7-10/h2-7H,8,16H2,1H3,(H,18,19). The maximum absolute atomic E-state index is 12.0. The van der Waals surface area contributed by atoms with Gasteiger partial charge < -0.3 is 11.1 Å². The smallest absolute Gasteiger partial charge is 0.228 e. The van der Waals surface area contributed by atoms with E-state index in [9.17, 15) is 4.79 Å². The van der Waals surface area contributed by atoms with Crippen LogP contribution in [0.2, 0.25) is 5.15 Å². The van der Waals surface area contributed by atoms with E-state index < -0.39 is 0 Å². The lowest BCUT2D eigenvalue weighted by molar-refractivity contribution is -0.115. The second kappa shape index (κ2) is 5.71. The number of amides is 1. The number of pyridine rings is 1. The van der Waals surface area contributed by atoms with E-state index in [1.54, 1.807) is 24.4 Å². The third-order valence-corrected chi connectivity index (χ3v) is 2.98. The molecule has 98 valence electrons. The SMILES string of the molecule is Cc1ccnc(Cl)c1NC(=O)Cc1cccc(N)c1. The van der Waals surface area contributed by atoms with E-state index in [2.05, 4.69) is 10.3 Å². The number of benzene rings is 1. The van der Waals surface area contributed by atoms with Crippen LogP contribution >= 0.6 is 11.6 Å². The Morgan fingerprint density at radius 2 is 2.21 bits per heavy atom. The molecule has 0 fully saturated rings. The molecular weight excluding hydrogens is 262 g/mol. The number of nitrogens with zero attached hydrogens (tertiary/aromatic N) is 1. The first-order valence-corrected chi connectivity index (χ1v) is 6.19. The number of hydrogen-bond donors (Lipinski definition) is 2. The van der Waals surface area contributed by atoms with Crippen molar-refractivity contribution in [3.8, 4) is 0 Å². The molecule has 2 rings (SSSR count). The Kier molecular flexibility index (Phi) is 4.02. The first-order valence-electron chi connectivity index (χ1n) is 5.81. The lowest BCUT2D eigenvalue weighted by atomic mass is 10.1. The van der Waals surface area contributed by atoms with Crippen molar-refractivity contribution in [2.24, 2.45) is 0 Å². The monoisotopic (exact) mass is 275 g/mol. The molecule has 0 aliphatic carbocycles. The summed E-state index contributed by atoms with van der Waals surface area (Å²) in [5, 5.41) is 3.06. The summed E-state index contributed by atoms with van der Waals surface area (Å²) in [6.45, 7) is 1.86. The second-order valence-corrected chi connectivity index (χ2v) is 4.62. The molecule has 0 saturated carbocycles. The minimum atomic E-state index is -0.149. The van der Waals surface area contributed by atoms with Crippen LogP contribution in [0.5, 0.6) is 0 Å². The molecule has 1 amide bonds. The lowest BCUT2D eigenvalue weighted by Gasteiger charge is -2.09. The van der Waals surface area contributed by atoms with Gasteiger partial charge in [-0.3, -0.25) is 4.79 Å². The van der Waals surface area contributed by atoms with Gasteiger partial charge in [-0.15, -0.1) is 0 Å². The van der Waals surface area contributed by atoms with E-state index >= 15 is 0 Å². The van der Waals surface area contributed by atoms with Crippen LogP contribution in [-0.4, -0.2) is 10.9 Å². The maximum atomic E-state index is 12.0. The first kappa shape index (κ1) is 13.4. The predicted molar refractivity (Wildman–Crippen MR) is 77.2 cm³/mol. The number of nitrogens with one attached hydrogen (secondary N) is 1. The summed E-state index contributed by atoms with van der Waals surface area (Å²) in [5.41, 5.74) is 8.60. The first-order chi connectivity index (χ1) is 9.06. The zero-order chi connectivity index (χ0) is 13.8. The highest BCUT2D eigenvalue weighted by Crippen LogP contribution is 2.22. The minimum absolute atomic E-state index is 0.149. The van der Waals surface area contributed by atoms with Gasteiger partial charge in [0.2, 0.25) is 5.91 Å². The summed E-state index contributed by atoms with van der Waals surface area (Å²) in [5.74, 6) is -0.149. The van der Waals surface area contributed by atoms with Crippen molar-refractivity contribution >= 4 is 28.9 Å². The normalized spacial score (nSPS) is 10.2. The van der Waals surface area contributed by atoms with Crippen molar-refractivity contribution < 1.29 is 4.79 Å². The van der Waals surface area contributed by atoms with Gasteiger partial charge in [0.25, 0.3) is 0 Å². The number of halogens is 1. The van der Waals surface area contributed by atoms with Crippen molar-refractivity contribution in [1.29, 1.82) is 0 Å². The second-order valence-electron chi connectivity index (χ2n) is 4.26. The number of carbonyl (C=O) groups is 1. The van der Waals surface area contributed by atoms with Crippen LogP contribution in [0.3, 0.4) is 0 Å². The summed E-state index contributed by atoms with van der Waals surface area (Å²) < 4.78 is 0. The number of hydrogen-bond acceptors (Lipinski definition) is 3. The van der Waals surface area contributed by atoms with Crippen LogP contribution in [0.15, 0.2) is 36.5 Å². The molecule has 4 nitrogen and oxygen atoms in total. The van der Waals surface area contributed by atoms with Crippen LogP contribution in [0.1, 0.15) is 11.1 Å². The Hall–Kier alpha value is -2.07. The molecule has 1 aromatic carbocycles. The molecule has 0 spiro atoms. The maximum Gasteiger partial charge on any atom is 0.228 e. The summed E-state index contributed by atoms with van der Waals surface area (Å²) in [4.78, 5) is 15.9. The van der Waals surface area contributed by atoms with Gasteiger partial charge in [-0.25, -0.2) is 4.98 Å². The molecule has 0 bridgehead atoms. The Bertz CT molecular complexity index is 593. The highest BCUT2D eigenvalue weighted by Gasteiger charge is 2.10. The van der Waals surface area contributed by atoms with Gasteiger partial charge >= 0.3 is 0 Å². The van der Waals surface area contributed by atoms with Crippen LogP contribution < -0.4 is 11.1 Å². The molecule has 1 heterocycles. The zero-order valence-electron chi connectivity index (χ0n) is 10.5. The number of aromatic nitrogens is 1. The van der Waals surface area contributed by atoms with Gasteiger partial charge in [-0.2, -0.15) is 0 Å². The summed E-state index contributed by atoms with van der Waals surface area (Å²) >= 11 is 5.96. The summed E-state index contributed by atoms with van der Waals surface area (Å²) in [7, 11) is 0. The van der Waals surface area contributed by atoms with Gasteiger partial charge in [0.05, 0.1) is 12.1 Å². The Balaban J connectivity index is 2.10. The van der Waals surface area contributed by atoms with Gasteiger partial charge in [-0.05, 0) is 36.2 Å². The largest absolute Gasteiger partial charge is 0.399 e. The Morgan fingerprint density at radius 3 is 2.89 bits per heavy atom. The van der Waals surface area contributed by atoms with Crippen LogP contribution in [0.4, 0.5) is 11.4 Å². The average molecular weight is 276 g/mol. The van der Waals surface area contributed by atoms with Crippen LogP contribution in [0.25, 0.3) is 0 Å². The van der Waals surface area contributed by atoms with Gasteiger partial charge in [0, 0.05) is 11.9 Å². The van der Waals surface area contributed by atoms with Crippen LogP contribution in [-0.2, 0) is 11.2 Å². The van der Waals surface area contributed by atoms with Crippen molar-refractivity contribution in [2.75, 3.05) is 11.1 Å². The number of aryl methyl sites for hydroxylation is 1. The van der Waals surface area contributed by atoms with Crippen molar-refractivity contribution in [3.05, 3.63) is 52.8 Å². The Morgan fingerprint density at radius 1 is 1.42 bits per heavy atom. The van der Waals surface area contributed by atoms with E-state index in [1.807, 2.05) is 19.1 Å². The summed E-state index contributed by atoms with van der Waals surface area (Å²) in [6, 6.07) is 9.02. The van der Waals surface area contributed by atoms with Crippen molar-refractivity contribution in [3.63, 3.8) is 0 Å². The number of anilines is 2. The van der Waals surface area contributed by atoms with Gasteiger partial charge in [-0.1, -0.05) is 23.7 Å². The molecule has 0 atom stereocenters. The van der Waals surface area contributed by atoms with E-state index in [-0.39, 0.29) is 12.3 Å².